The molecular weight excluding hydrogens is 915 g/mol. The predicted molar refractivity (Wildman–Crippen MR) is 334 cm³/mol. The Morgan fingerprint density at radius 1 is 0.316 bits per heavy atom. The first-order valence-corrected chi connectivity index (χ1v) is 27.4. The average molecular weight is 994 g/mol. The quantitative estimate of drug-likeness (QED) is 0.160. The second kappa shape index (κ2) is 23.0. The summed E-state index contributed by atoms with van der Waals surface area (Å²) >= 11 is 0. The number of nitrogens with zero attached hydrogens (tertiary/aromatic N) is 1. The highest BCUT2D eigenvalue weighted by Gasteiger charge is 2.38. The number of hydrogen-bond donors (Lipinski definition) is 0. The Morgan fingerprint density at radius 2 is 0.776 bits per heavy atom. The van der Waals surface area contributed by atoms with Gasteiger partial charge in [-0.05, 0) is 225 Å². The Morgan fingerprint density at radius 3 is 1.33 bits per heavy atom. The number of fused-ring (bicyclic) bond motifs is 5. The Bertz CT molecular complexity index is 3670. The van der Waals surface area contributed by atoms with Crippen LogP contribution in [0.2, 0.25) is 0 Å². The lowest BCUT2D eigenvalue weighted by Crippen LogP contribution is -2.18. The van der Waals surface area contributed by atoms with Crippen LogP contribution in [0.3, 0.4) is 0 Å². The van der Waals surface area contributed by atoms with Crippen molar-refractivity contribution in [2.75, 3.05) is 4.90 Å². The lowest BCUT2D eigenvalue weighted by molar-refractivity contribution is 0.660. The van der Waals surface area contributed by atoms with Gasteiger partial charge in [0.25, 0.3) is 0 Å². The monoisotopic (exact) mass is 994 g/mol. The van der Waals surface area contributed by atoms with Gasteiger partial charge < -0.3 is 4.90 Å². The lowest BCUT2D eigenvalue weighted by Gasteiger charge is -2.32. The molecule has 0 radical (unpaired) electrons. The fourth-order valence-corrected chi connectivity index (χ4v) is 11.6. The molecule has 10 aromatic rings. The highest BCUT2D eigenvalue weighted by molar-refractivity contribution is 6.10. The minimum Gasteiger partial charge on any atom is -0.309 e. The second-order valence-corrected chi connectivity index (χ2v) is 21.7. The van der Waals surface area contributed by atoms with E-state index >= 15 is 0 Å². The van der Waals surface area contributed by atoms with E-state index in [2.05, 4.69) is 290 Å². The number of anilines is 3. The predicted octanol–water partition coefficient (Wildman–Crippen LogP) is 21.7. The number of benzene rings is 10. The molecule has 0 heterocycles. The van der Waals surface area contributed by atoms with E-state index in [1.54, 1.807) is 0 Å². The molecule has 11 rings (SSSR count). The summed E-state index contributed by atoms with van der Waals surface area (Å²) in [5.41, 5.74) is 32.7. The second-order valence-electron chi connectivity index (χ2n) is 21.7. The van der Waals surface area contributed by atoms with Crippen LogP contribution in [0, 0.1) is 83.1 Å². The number of rotatable bonds is 6. The van der Waals surface area contributed by atoms with Crippen molar-refractivity contribution >= 4 is 27.8 Å². The lowest BCUT2D eigenvalue weighted by atomic mass is 9.81. The summed E-state index contributed by atoms with van der Waals surface area (Å²) in [5.74, 6) is 0. The summed E-state index contributed by atoms with van der Waals surface area (Å²) in [5, 5.41) is 2.57. The number of aryl methyl sites for hydroxylation is 11. The molecule has 76 heavy (non-hydrogen) atoms. The van der Waals surface area contributed by atoms with Gasteiger partial charge in [-0.25, -0.2) is 0 Å². The fourth-order valence-electron chi connectivity index (χ4n) is 11.6. The van der Waals surface area contributed by atoms with Gasteiger partial charge in [0.2, 0.25) is 0 Å². The molecule has 1 aliphatic carbocycles. The summed E-state index contributed by atoms with van der Waals surface area (Å²) in [7, 11) is 0. The average Bonchev–Trinajstić information content (AvgIpc) is 3.70. The molecule has 0 atom stereocenters. The van der Waals surface area contributed by atoms with Crippen LogP contribution >= 0.6 is 0 Å². The number of hydrogen-bond acceptors (Lipinski definition) is 1. The Hall–Kier alpha value is -7.74. The van der Waals surface area contributed by atoms with Crippen molar-refractivity contribution in [1.29, 1.82) is 0 Å². The third-order valence-corrected chi connectivity index (χ3v) is 15.7. The first-order valence-electron chi connectivity index (χ1n) is 27.4. The van der Waals surface area contributed by atoms with Crippen molar-refractivity contribution in [3.63, 3.8) is 0 Å². The van der Waals surface area contributed by atoms with Gasteiger partial charge in [0, 0.05) is 16.5 Å². The van der Waals surface area contributed by atoms with E-state index < -0.39 is 0 Å². The van der Waals surface area contributed by atoms with E-state index in [0.29, 0.717) is 0 Å². The van der Waals surface area contributed by atoms with E-state index in [0.717, 1.165) is 0 Å². The zero-order valence-electron chi connectivity index (χ0n) is 48.3. The van der Waals surface area contributed by atoms with E-state index in [1.807, 2.05) is 13.8 Å². The van der Waals surface area contributed by atoms with Crippen molar-refractivity contribution in [3.8, 4) is 44.5 Å². The summed E-state index contributed by atoms with van der Waals surface area (Å²) in [6, 6.07) is 69.3. The molecule has 10 aromatic carbocycles. The van der Waals surface area contributed by atoms with E-state index in [1.165, 1.54) is 150 Å². The first kappa shape index (κ1) is 54.5. The Kier molecular flexibility index (Phi) is 16.5. The zero-order valence-corrected chi connectivity index (χ0v) is 48.3. The fraction of sp³-hybridized carbons (Fsp3) is 0.227. The van der Waals surface area contributed by atoms with Crippen LogP contribution in [0.1, 0.15) is 106 Å². The maximum absolute atomic E-state index is 2.54. The van der Waals surface area contributed by atoms with Crippen LogP contribution in [0.25, 0.3) is 55.3 Å². The Labute approximate surface area is 457 Å². The van der Waals surface area contributed by atoms with Gasteiger partial charge in [-0.3, -0.25) is 0 Å². The van der Waals surface area contributed by atoms with Gasteiger partial charge in [0.1, 0.15) is 0 Å². The zero-order chi connectivity index (χ0) is 54.6. The molecule has 0 bridgehead atoms. The molecule has 0 saturated heterocycles. The maximum Gasteiger partial charge on any atom is 0.0543 e. The van der Waals surface area contributed by atoms with Gasteiger partial charge in [-0.2, -0.15) is 0 Å². The smallest absolute Gasteiger partial charge is 0.0543 e. The molecule has 0 amide bonds. The molecule has 0 spiro atoms. The maximum atomic E-state index is 2.54. The van der Waals surface area contributed by atoms with Crippen molar-refractivity contribution in [3.05, 3.63) is 266 Å². The van der Waals surface area contributed by atoms with Crippen LogP contribution < -0.4 is 4.90 Å². The van der Waals surface area contributed by atoms with Crippen molar-refractivity contribution in [2.24, 2.45) is 0 Å². The third kappa shape index (κ3) is 11.0. The van der Waals surface area contributed by atoms with Crippen LogP contribution in [-0.4, -0.2) is 0 Å². The molecule has 384 valence electrons. The molecule has 1 nitrogen and oxygen atoms in total. The van der Waals surface area contributed by atoms with Crippen molar-refractivity contribution in [1.82, 2.24) is 0 Å². The van der Waals surface area contributed by atoms with Crippen LogP contribution in [0.4, 0.5) is 17.1 Å². The van der Waals surface area contributed by atoms with Crippen LogP contribution in [0.15, 0.2) is 188 Å². The molecule has 0 saturated carbocycles. The van der Waals surface area contributed by atoms with Crippen LogP contribution in [-0.2, 0) is 5.41 Å². The summed E-state index contributed by atoms with van der Waals surface area (Å²) in [6.07, 6.45) is 0. The molecule has 0 aliphatic heterocycles. The highest BCUT2D eigenvalue weighted by Crippen LogP contribution is 2.55. The van der Waals surface area contributed by atoms with Gasteiger partial charge in [-0.15, -0.1) is 0 Å². The molecule has 0 fully saturated rings. The minimum absolute atomic E-state index is 0.132. The molecule has 1 heteroatoms. The van der Waals surface area contributed by atoms with Gasteiger partial charge in [0.05, 0.1) is 11.4 Å². The third-order valence-electron chi connectivity index (χ3n) is 15.7. The summed E-state index contributed by atoms with van der Waals surface area (Å²) < 4.78 is 0. The van der Waals surface area contributed by atoms with Gasteiger partial charge >= 0.3 is 0 Å². The largest absolute Gasteiger partial charge is 0.309 e. The van der Waals surface area contributed by atoms with E-state index in [-0.39, 0.29) is 5.41 Å². The van der Waals surface area contributed by atoms with Crippen molar-refractivity contribution < 1.29 is 0 Å². The minimum atomic E-state index is -0.132. The van der Waals surface area contributed by atoms with E-state index in [9.17, 15) is 0 Å². The molecular formula is C75H79N. The molecule has 0 aromatic heterocycles. The molecule has 1 aliphatic rings. The van der Waals surface area contributed by atoms with Gasteiger partial charge in [0.15, 0.2) is 0 Å². The standard InChI is InChI=1S/C48H43N.C15H16.C10H14.C2H6/c1-30-21-23-42-43(25-30)48(6,7)44-29-45(40-19-13-14-20-41(40)46(42)44)49(37-22-24-39(32(3)28-37)38-18-12-11-15-31(38)2)47-33(4)26-36(27-34(47)5)35-16-9-8-10-17-35;1-11-8-9-15(13(3)10-11)14-7-5-4-6-12(14)2;1-7-5-8(2)10(4)9(3)6-7;1-2/h8-29H,1-7H3;4-10H,1-3H3;5-6H,1-4H3;1-2H3. The van der Waals surface area contributed by atoms with Crippen LogP contribution in [0.5, 0.6) is 0 Å². The van der Waals surface area contributed by atoms with Crippen molar-refractivity contribution in [2.45, 2.75) is 116 Å². The molecule has 0 unspecified atom stereocenters. The summed E-state index contributed by atoms with van der Waals surface area (Å²) in [6.45, 7) is 35.1. The Balaban J connectivity index is 0.000000231. The van der Waals surface area contributed by atoms with E-state index in [4.69, 9.17) is 0 Å². The topological polar surface area (TPSA) is 3.24 Å². The van der Waals surface area contributed by atoms with Gasteiger partial charge in [-0.1, -0.05) is 202 Å². The molecule has 0 N–H and O–H groups in total. The summed E-state index contributed by atoms with van der Waals surface area (Å²) in [4.78, 5) is 2.54. The first-order chi connectivity index (χ1) is 36.4. The SMILES string of the molecule is CC.Cc1cc(C)c(C)c(C)c1.Cc1ccc(-c2ccccc2C)c(C)c1.Cc1ccc2c(c1)C(C)(C)c1cc(N(c3ccc(-c4ccccc4C)c(C)c3)c3c(C)cc(-c4ccccc4)cc3C)c3ccccc3c1-2. The highest BCUT2D eigenvalue weighted by atomic mass is 15.1. The normalized spacial score (nSPS) is 11.8.